The number of aromatic nitrogens is 2. The minimum atomic E-state index is -4.24. The maximum absolute atomic E-state index is 12.7. The average molecular weight is 443 g/mol. The molecule has 0 aromatic carbocycles. The lowest BCUT2D eigenvalue weighted by Gasteiger charge is -2.49. The molecule has 1 N–H and O–H groups in total. The zero-order valence-corrected chi connectivity index (χ0v) is 18.0. The van der Waals surface area contributed by atoms with Crippen molar-refractivity contribution in [3.8, 4) is 0 Å². The van der Waals surface area contributed by atoms with Crippen molar-refractivity contribution in [3.63, 3.8) is 0 Å². The smallest absolute Gasteiger partial charge is 0.407 e. The van der Waals surface area contributed by atoms with Crippen LogP contribution in [0.4, 0.5) is 23.8 Å². The van der Waals surface area contributed by atoms with Crippen LogP contribution in [0, 0.1) is 5.41 Å². The Hall–Kier alpha value is -2.10. The van der Waals surface area contributed by atoms with Crippen LogP contribution in [-0.4, -0.2) is 47.0 Å². The number of alkyl halides is 3. The molecule has 1 saturated heterocycles. The zero-order valence-electron chi connectivity index (χ0n) is 17.2. The van der Waals surface area contributed by atoms with Crippen molar-refractivity contribution in [2.45, 2.75) is 64.3 Å². The summed E-state index contributed by atoms with van der Waals surface area (Å²) in [7, 11) is 0. The normalized spacial score (nSPS) is 21.1. The van der Waals surface area contributed by atoms with Gasteiger partial charge in [0.05, 0.1) is 11.8 Å². The van der Waals surface area contributed by atoms with Crippen LogP contribution in [0.15, 0.2) is 12.4 Å². The first-order chi connectivity index (χ1) is 13.9. The van der Waals surface area contributed by atoms with Crippen LogP contribution >= 0.6 is 11.3 Å². The fourth-order valence-corrected chi connectivity index (χ4v) is 5.46. The van der Waals surface area contributed by atoms with Crippen molar-refractivity contribution in [1.82, 2.24) is 15.3 Å². The molecule has 2 fully saturated rings. The minimum absolute atomic E-state index is 0.0759. The molecule has 1 atom stereocenters. The van der Waals surface area contributed by atoms with Crippen LogP contribution in [-0.2, 0) is 11.2 Å². The number of hydrogen-bond acceptors (Lipinski definition) is 6. The topological polar surface area (TPSA) is 67.3 Å². The summed E-state index contributed by atoms with van der Waals surface area (Å²) >= 11 is 1.07. The van der Waals surface area contributed by atoms with E-state index in [9.17, 15) is 18.0 Å². The Morgan fingerprint density at radius 3 is 2.73 bits per heavy atom. The summed E-state index contributed by atoms with van der Waals surface area (Å²) in [5, 5.41) is 3.64. The second kappa shape index (κ2) is 7.25. The first-order valence-electron chi connectivity index (χ1n) is 9.96. The van der Waals surface area contributed by atoms with E-state index in [-0.39, 0.29) is 16.3 Å². The number of hydrogen-bond donors (Lipinski definition) is 1. The number of amides is 1. The largest absolute Gasteiger partial charge is 0.444 e. The summed E-state index contributed by atoms with van der Waals surface area (Å²) in [6.45, 7) is 7.05. The van der Waals surface area contributed by atoms with E-state index in [1.807, 2.05) is 20.8 Å². The molecule has 0 radical (unpaired) electrons. The molecule has 1 saturated carbocycles. The predicted molar refractivity (Wildman–Crippen MR) is 109 cm³/mol. The van der Waals surface area contributed by atoms with Crippen molar-refractivity contribution in [2.75, 3.05) is 18.0 Å². The van der Waals surface area contributed by atoms with Crippen molar-refractivity contribution < 1.29 is 22.7 Å². The number of alkyl carbamates (subject to hydrolysis) is 1. The molecule has 10 heteroatoms. The molecule has 164 valence electrons. The molecule has 2 aliphatic rings. The number of nitrogens with one attached hydrogen (secondary N) is 1. The fraction of sp³-hybridized carbons (Fsp3) is 0.650. The third-order valence-electron chi connectivity index (χ3n) is 5.51. The number of carbonyl (C=O) groups is 1. The number of thiophene rings is 1. The molecular formula is C20H25F3N4O2S. The zero-order chi connectivity index (χ0) is 21.7. The highest BCUT2D eigenvalue weighted by molar-refractivity contribution is 7.18. The number of nitrogens with zero attached hydrogens (tertiary/aromatic N) is 3. The molecule has 2 aromatic rings. The molecule has 1 unspecified atom stereocenters. The van der Waals surface area contributed by atoms with Gasteiger partial charge >= 0.3 is 12.3 Å². The predicted octanol–water partition coefficient (Wildman–Crippen LogP) is 4.68. The Kier molecular flexibility index (Phi) is 5.11. The summed E-state index contributed by atoms with van der Waals surface area (Å²) in [6, 6.07) is 1.64. The molecule has 3 heterocycles. The number of ether oxygens (including phenoxy) is 1. The lowest BCUT2D eigenvalue weighted by Crippen LogP contribution is -2.56. The van der Waals surface area contributed by atoms with Crippen LogP contribution < -0.4 is 10.2 Å². The Labute approximate surface area is 176 Å². The first kappa shape index (κ1) is 21.1. The highest BCUT2D eigenvalue weighted by Gasteiger charge is 2.49. The van der Waals surface area contributed by atoms with Crippen molar-refractivity contribution in [2.24, 2.45) is 5.41 Å². The maximum Gasteiger partial charge on any atom is 0.407 e. The van der Waals surface area contributed by atoms with Gasteiger partial charge in [-0.1, -0.05) is 0 Å². The quantitative estimate of drug-likeness (QED) is 0.748. The molecular weight excluding hydrogens is 417 g/mol. The Morgan fingerprint density at radius 2 is 2.07 bits per heavy atom. The summed E-state index contributed by atoms with van der Waals surface area (Å²) in [4.78, 5) is 23.5. The van der Waals surface area contributed by atoms with Gasteiger partial charge in [-0.05, 0) is 46.1 Å². The number of rotatable bonds is 3. The van der Waals surface area contributed by atoms with Gasteiger partial charge in [0.1, 0.15) is 22.6 Å². The van der Waals surface area contributed by atoms with Gasteiger partial charge < -0.3 is 15.0 Å². The van der Waals surface area contributed by atoms with Gasteiger partial charge in [-0.15, -0.1) is 11.3 Å². The van der Waals surface area contributed by atoms with E-state index in [1.165, 1.54) is 6.33 Å². The molecule has 0 bridgehead atoms. The Balaban J connectivity index is 1.40. The molecule has 1 aliphatic carbocycles. The van der Waals surface area contributed by atoms with E-state index in [0.717, 1.165) is 43.7 Å². The first-order valence-corrected chi connectivity index (χ1v) is 10.8. The third-order valence-corrected chi connectivity index (χ3v) is 6.55. The van der Waals surface area contributed by atoms with Crippen molar-refractivity contribution in [3.05, 3.63) is 17.3 Å². The van der Waals surface area contributed by atoms with E-state index in [2.05, 4.69) is 20.2 Å². The number of anilines is 1. The highest BCUT2D eigenvalue weighted by atomic mass is 32.1. The maximum atomic E-state index is 12.7. The average Bonchev–Trinajstić information content (AvgIpc) is 3.13. The third kappa shape index (κ3) is 4.63. The van der Waals surface area contributed by atoms with Crippen molar-refractivity contribution in [1.29, 1.82) is 0 Å². The number of carbonyl (C=O) groups excluding carboxylic acids is 1. The van der Waals surface area contributed by atoms with E-state index < -0.39 is 24.3 Å². The lowest BCUT2D eigenvalue weighted by molar-refractivity contribution is -0.126. The molecule has 1 spiro atoms. The summed E-state index contributed by atoms with van der Waals surface area (Å²) in [6.07, 6.45) is -1.43. The van der Waals surface area contributed by atoms with Crippen LogP contribution in [0.25, 0.3) is 10.2 Å². The van der Waals surface area contributed by atoms with E-state index in [4.69, 9.17) is 4.74 Å². The van der Waals surface area contributed by atoms with Gasteiger partial charge in [-0.25, -0.2) is 14.8 Å². The van der Waals surface area contributed by atoms with Gasteiger partial charge in [0.25, 0.3) is 0 Å². The second-order valence-electron chi connectivity index (χ2n) is 9.36. The summed E-state index contributed by atoms with van der Waals surface area (Å²) in [5.41, 5.74) is -0.431. The standard InChI is InChI=1S/C20H25F3N4O2S/c1-18(2,3)29-17(28)26-12-4-5-19(7-12)9-27(10-19)15-14-6-13(8-20(21,22)23)30-16(14)25-11-24-15/h6,11-12H,4-5,7-10H2,1-3H3,(H,26,28). The van der Waals surface area contributed by atoms with Crippen LogP contribution in [0.3, 0.4) is 0 Å². The molecule has 4 rings (SSSR count). The molecule has 1 aliphatic heterocycles. The monoisotopic (exact) mass is 442 g/mol. The van der Waals surface area contributed by atoms with E-state index >= 15 is 0 Å². The minimum Gasteiger partial charge on any atom is -0.444 e. The summed E-state index contributed by atoms with van der Waals surface area (Å²) in [5.74, 6) is 0.693. The SMILES string of the molecule is CC(C)(C)OC(=O)NC1CCC2(C1)CN(c1ncnc3sc(CC(F)(F)F)cc13)C2. The highest BCUT2D eigenvalue weighted by Crippen LogP contribution is 2.48. The Morgan fingerprint density at radius 1 is 1.33 bits per heavy atom. The molecule has 30 heavy (non-hydrogen) atoms. The summed E-state index contributed by atoms with van der Waals surface area (Å²) < 4.78 is 43.6. The lowest BCUT2D eigenvalue weighted by atomic mass is 9.78. The second-order valence-corrected chi connectivity index (χ2v) is 10.5. The van der Waals surface area contributed by atoms with Gasteiger partial charge in [0, 0.05) is 29.4 Å². The van der Waals surface area contributed by atoms with E-state index in [1.54, 1.807) is 6.07 Å². The molecule has 6 nitrogen and oxygen atoms in total. The van der Waals surface area contributed by atoms with Crippen LogP contribution in [0.5, 0.6) is 0 Å². The Bertz CT molecular complexity index is 948. The number of halogens is 3. The molecule has 1 amide bonds. The van der Waals surface area contributed by atoms with Crippen molar-refractivity contribution >= 4 is 33.5 Å². The van der Waals surface area contributed by atoms with Gasteiger partial charge in [-0.2, -0.15) is 13.2 Å². The van der Waals surface area contributed by atoms with Crippen LogP contribution in [0.1, 0.15) is 44.9 Å². The van der Waals surface area contributed by atoms with Gasteiger partial charge in [0.15, 0.2) is 0 Å². The van der Waals surface area contributed by atoms with Gasteiger partial charge in [0.2, 0.25) is 0 Å². The number of fused-ring (bicyclic) bond motifs is 1. The van der Waals surface area contributed by atoms with Crippen LogP contribution in [0.2, 0.25) is 0 Å². The fourth-order valence-electron chi connectivity index (χ4n) is 4.43. The van der Waals surface area contributed by atoms with E-state index in [0.29, 0.717) is 16.0 Å². The van der Waals surface area contributed by atoms with Gasteiger partial charge in [-0.3, -0.25) is 0 Å². The molecule has 2 aromatic heterocycles.